The second-order valence-corrected chi connectivity index (χ2v) is 5.98. The smallest absolute Gasteiger partial charge is 0.244 e. The molecule has 100 valence electrons. The van der Waals surface area contributed by atoms with Gasteiger partial charge in [0.2, 0.25) is 15.9 Å². The standard InChI is InChI=1S/C11H17N3O3S/c1-17-11-4-3-10(9-13-11)18(15,16)14-7-2-5-12-6-8-14/h3-4,9,12H,2,5-8H2,1H3. The van der Waals surface area contributed by atoms with Gasteiger partial charge in [0, 0.05) is 25.7 Å². The van der Waals surface area contributed by atoms with E-state index < -0.39 is 10.0 Å². The molecule has 2 rings (SSSR count). The highest BCUT2D eigenvalue weighted by Gasteiger charge is 2.25. The molecule has 0 amide bonds. The average Bonchev–Trinajstić information content (AvgIpc) is 2.68. The first-order valence-electron chi connectivity index (χ1n) is 5.85. The van der Waals surface area contributed by atoms with E-state index in [0.29, 0.717) is 25.5 Å². The lowest BCUT2D eigenvalue weighted by atomic mass is 10.4. The quantitative estimate of drug-likeness (QED) is 0.842. The zero-order valence-electron chi connectivity index (χ0n) is 10.3. The van der Waals surface area contributed by atoms with Crippen LogP contribution in [0.15, 0.2) is 23.2 Å². The second kappa shape index (κ2) is 5.64. The van der Waals surface area contributed by atoms with E-state index >= 15 is 0 Å². The summed E-state index contributed by atoms with van der Waals surface area (Å²) in [7, 11) is -1.94. The molecule has 18 heavy (non-hydrogen) atoms. The van der Waals surface area contributed by atoms with Crippen LogP contribution in [-0.4, -0.2) is 51.0 Å². The Morgan fingerprint density at radius 1 is 1.33 bits per heavy atom. The molecule has 2 heterocycles. The van der Waals surface area contributed by atoms with E-state index in [9.17, 15) is 8.42 Å². The Hall–Kier alpha value is -1.18. The minimum atomic E-state index is -3.44. The molecule has 1 N–H and O–H groups in total. The SMILES string of the molecule is COc1ccc(S(=O)(=O)N2CCCNCC2)cn1. The van der Waals surface area contributed by atoms with Gasteiger partial charge in [0.05, 0.1) is 13.3 Å². The number of hydrogen-bond acceptors (Lipinski definition) is 5. The lowest BCUT2D eigenvalue weighted by Crippen LogP contribution is -2.34. The lowest BCUT2D eigenvalue weighted by Gasteiger charge is -2.19. The molecule has 0 aromatic carbocycles. The van der Waals surface area contributed by atoms with Crippen molar-refractivity contribution in [2.45, 2.75) is 11.3 Å². The van der Waals surface area contributed by atoms with Crippen LogP contribution in [0.1, 0.15) is 6.42 Å². The largest absolute Gasteiger partial charge is 0.481 e. The number of pyridine rings is 1. The molecule has 0 bridgehead atoms. The lowest BCUT2D eigenvalue weighted by molar-refractivity contribution is 0.396. The maximum Gasteiger partial charge on any atom is 0.244 e. The van der Waals surface area contributed by atoms with Crippen LogP contribution in [-0.2, 0) is 10.0 Å². The molecule has 1 aliphatic rings. The molecule has 0 unspecified atom stereocenters. The molecule has 6 nitrogen and oxygen atoms in total. The fourth-order valence-electron chi connectivity index (χ4n) is 1.85. The third-order valence-electron chi connectivity index (χ3n) is 2.86. The van der Waals surface area contributed by atoms with E-state index in [1.54, 1.807) is 6.07 Å². The fraction of sp³-hybridized carbons (Fsp3) is 0.545. The maximum atomic E-state index is 12.4. The molecule has 1 saturated heterocycles. The van der Waals surface area contributed by atoms with Crippen molar-refractivity contribution in [1.29, 1.82) is 0 Å². The molecule has 1 aromatic heterocycles. The molecule has 0 atom stereocenters. The summed E-state index contributed by atoms with van der Waals surface area (Å²) in [6, 6.07) is 3.09. The van der Waals surface area contributed by atoms with E-state index in [0.717, 1.165) is 13.0 Å². The summed E-state index contributed by atoms with van der Waals surface area (Å²) in [4.78, 5) is 4.15. The highest BCUT2D eigenvalue weighted by Crippen LogP contribution is 2.17. The topological polar surface area (TPSA) is 71.5 Å². The first-order valence-corrected chi connectivity index (χ1v) is 7.29. The summed E-state index contributed by atoms with van der Waals surface area (Å²) < 4.78 is 31.1. The molecule has 1 aromatic rings. The zero-order chi connectivity index (χ0) is 13.0. The van der Waals surface area contributed by atoms with Gasteiger partial charge in [0.25, 0.3) is 0 Å². The van der Waals surface area contributed by atoms with Crippen molar-refractivity contribution < 1.29 is 13.2 Å². The Bertz CT molecular complexity index is 479. The Labute approximate surface area is 107 Å². The van der Waals surface area contributed by atoms with Crippen LogP contribution < -0.4 is 10.1 Å². The summed E-state index contributed by atoms with van der Waals surface area (Å²) in [6.45, 7) is 2.57. The van der Waals surface area contributed by atoms with Crippen molar-refractivity contribution in [2.24, 2.45) is 0 Å². The summed E-state index contributed by atoms with van der Waals surface area (Å²) in [6.07, 6.45) is 2.16. The van der Waals surface area contributed by atoms with Crippen LogP contribution >= 0.6 is 0 Å². The molecule has 1 fully saturated rings. The molecule has 0 aliphatic carbocycles. The Kier molecular flexibility index (Phi) is 4.15. The molecule has 0 saturated carbocycles. The predicted octanol–water partition coefficient (Wildman–Crippen LogP) is 0.0742. The van der Waals surface area contributed by atoms with Gasteiger partial charge in [-0.05, 0) is 19.0 Å². The number of sulfonamides is 1. The maximum absolute atomic E-state index is 12.4. The van der Waals surface area contributed by atoms with Gasteiger partial charge in [0.15, 0.2) is 0 Å². The van der Waals surface area contributed by atoms with E-state index in [1.165, 1.54) is 23.7 Å². The molecule has 0 radical (unpaired) electrons. The van der Waals surface area contributed by atoms with Gasteiger partial charge in [-0.2, -0.15) is 4.31 Å². The Balaban J connectivity index is 2.22. The van der Waals surface area contributed by atoms with Crippen molar-refractivity contribution in [3.05, 3.63) is 18.3 Å². The van der Waals surface area contributed by atoms with Gasteiger partial charge in [-0.25, -0.2) is 13.4 Å². The van der Waals surface area contributed by atoms with Crippen LogP contribution in [0.3, 0.4) is 0 Å². The van der Waals surface area contributed by atoms with Gasteiger partial charge in [-0.1, -0.05) is 0 Å². The van der Waals surface area contributed by atoms with Gasteiger partial charge in [0.1, 0.15) is 4.90 Å². The molecular formula is C11H17N3O3S. The number of nitrogens with zero attached hydrogens (tertiary/aromatic N) is 2. The number of ether oxygens (including phenoxy) is 1. The van der Waals surface area contributed by atoms with E-state index in [-0.39, 0.29) is 4.90 Å². The first kappa shape index (κ1) is 13.3. The van der Waals surface area contributed by atoms with Crippen molar-refractivity contribution in [3.63, 3.8) is 0 Å². The number of rotatable bonds is 3. The number of hydrogen-bond donors (Lipinski definition) is 1. The highest BCUT2D eigenvalue weighted by atomic mass is 32.2. The third kappa shape index (κ3) is 2.80. The van der Waals surface area contributed by atoms with E-state index in [4.69, 9.17) is 4.74 Å². The predicted molar refractivity (Wildman–Crippen MR) is 67.0 cm³/mol. The summed E-state index contributed by atoms with van der Waals surface area (Å²) in [5, 5.41) is 3.18. The molecule has 1 aliphatic heterocycles. The van der Waals surface area contributed by atoms with Crippen LogP contribution in [0.25, 0.3) is 0 Å². The molecule has 0 spiro atoms. The van der Waals surface area contributed by atoms with Crippen LogP contribution in [0, 0.1) is 0 Å². The fourth-order valence-corrected chi connectivity index (χ4v) is 3.28. The number of methoxy groups -OCH3 is 1. The molecule has 7 heteroatoms. The summed E-state index contributed by atoms with van der Waals surface area (Å²) in [5.74, 6) is 0.409. The minimum Gasteiger partial charge on any atom is -0.481 e. The van der Waals surface area contributed by atoms with Gasteiger partial charge < -0.3 is 10.1 Å². The van der Waals surface area contributed by atoms with Crippen molar-refractivity contribution in [1.82, 2.24) is 14.6 Å². The first-order chi connectivity index (χ1) is 8.64. The van der Waals surface area contributed by atoms with Gasteiger partial charge in [-0.3, -0.25) is 0 Å². The average molecular weight is 271 g/mol. The van der Waals surface area contributed by atoms with Gasteiger partial charge >= 0.3 is 0 Å². The third-order valence-corrected chi connectivity index (χ3v) is 4.74. The van der Waals surface area contributed by atoms with Crippen LogP contribution in [0.5, 0.6) is 5.88 Å². The van der Waals surface area contributed by atoms with Gasteiger partial charge in [-0.15, -0.1) is 0 Å². The summed E-state index contributed by atoms with van der Waals surface area (Å²) >= 11 is 0. The monoisotopic (exact) mass is 271 g/mol. The highest BCUT2D eigenvalue weighted by molar-refractivity contribution is 7.89. The van der Waals surface area contributed by atoms with E-state index in [1.807, 2.05) is 0 Å². The van der Waals surface area contributed by atoms with Crippen molar-refractivity contribution in [3.8, 4) is 5.88 Å². The minimum absolute atomic E-state index is 0.213. The van der Waals surface area contributed by atoms with Crippen molar-refractivity contribution >= 4 is 10.0 Å². The Morgan fingerprint density at radius 3 is 2.83 bits per heavy atom. The number of nitrogens with one attached hydrogen (secondary N) is 1. The molecular weight excluding hydrogens is 254 g/mol. The number of aromatic nitrogens is 1. The summed E-state index contributed by atoms with van der Waals surface area (Å²) in [5.41, 5.74) is 0. The van der Waals surface area contributed by atoms with Crippen LogP contribution in [0.4, 0.5) is 0 Å². The Morgan fingerprint density at radius 2 is 2.17 bits per heavy atom. The normalized spacial score (nSPS) is 18.3. The van der Waals surface area contributed by atoms with E-state index in [2.05, 4.69) is 10.3 Å². The van der Waals surface area contributed by atoms with Crippen molar-refractivity contribution in [2.75, 3.05) is 33.3 Å². The van der Waals surface area contributed by atoms with Crippen LogP contribution in [0.2, 0.25) is 0 Å². The second-order valence-electron chi connectivity index (χ2n) is 4.04. The zero-order valence-corrected chi connectivity index (χ0v) is 11.1.